The Morgan fingerprint density at radius 2 is 2.37 bits per heavy atom. The van der Waals surface area contributed by atoms with Crippen LogP contribution >= 0.6 is 0 Å². The number of rotatable bonds is 4. The van der Waals surface area contributed by atoms with Gasteiger partial charge >= 0.3 is 11.9 Å². The van der Waals surface area contributed by atoms with Gasteiger partial charge in [-0.3, -0.25) is 14.5 Å². The van der Waals surface area contributed by atoms with Crippen LogP contribution in [0.25, 0.3) is 0 Å². The number of hydrogen-bond acceptors (Lipinski definition) is 6. The molecular weight excluding hydrogens is 256 g/mol. The maximum Gasteiger partial charge on any atom is 0.345 e. The average molecular weight is 268 g/mol. The minimum absolute atomic E-state index is 0.0150. The van der Waals surface area contributed by atoms with Crippen LogP contribution in [0.5, 0.6) is 0 Å². The standard InChI is InChI=1S/C11H12N2O6/c1-2-18-11(17)7-4-12-19-9(7)13-5-6(10(15)16)3-8(13)14/h4,6H,2-3,5H2,1H3,(H,15,16). The smallest absolute Gasteiger partial charge is 0.345 e. The minimum Gasteiger partial charge on any atom is -0.481 e. The summed E-state index contributed by atoms with van der Waals surface area (Å²) in [5, 5.41) is 12.3. The van der Waals surface area contributed by atoms with Crippen molar-refractivity contribution >= 4 is 23.7 Å². The van der Waals surface area contributed by atoms with Gasteiger partial charge in [0.05, 0.1) is 18.7 Å². The molecule has 0 radical (unpaired) electrons. The van der Waals surface area contributed by atoms with Crippen LogP contribution in [0.4, 0.5) is 5.88 Å². The minimum atomic E-state index is -1.06. The Morgan fingerprint density at radius 1 is 1.63 bits per heavy atom. The first-order valence-corrected chi connectivity index (χ1v) is 5.69. The first-order chi connectivity index (χ1) is 9.04. The second-order valence-corrected chi connectivity index (χ2v) is 4.01. The Labute approximate surface area is 107 Å². The lowest BCUT2D eigenvalue weighted by Crippen LogP contribution is -2.27. The first-order valence-electron chi connectivity index (χ1n) is 5.69. The molecule has 0 saturated carbocycles. The zero-order valence-corrected chi connectivity index (χ0v) is 10.2. The summed E-state index contributed by atoms with van der Waals surface area (Å²) < 4.78 is 9.68. The van der Waals surface area contributed by atoms with Gasteiger partial charge in [0.15, 0.2) is 0 Å². The third kappa shape index (κ3) is 2.42. The molecule has 1 aliphatic rings. The van der Waals surface area contributed by atoms with Crippen molar-refractivity contribution in [2.75, 3.05) is 18.1 Å². The molecule has 1 aliphatic heterocycles. The van der Waals surface area contributed by atoms with Crippen LogP contribution in [0.3, 0.4) is 0 Å². The predicted octanol–water partition coefficient (Wildman–Crippen LogP) is 0.289. The lowest BCUT2D eigenvalue weighted by Gasteiger charge is -2.12. The Balaban J connectivity index is 2.24. The first kappa shape index (κ1) is 13.1. The van der Waals surface area contributed by atoms with Gasteiger partial charge in [-0.25, -0.2) is 4.79 Å². The Bertz CT molecular complexity index is 523. The molecule has 1 unspecified atom stereocenters. The number of ether oxygens (including phenoxy) is 1. The number of amides is 1. The van der Waals surface area contributed by atoms with E-state index in [-0.39, 0.29) is 31.0 Å². The van der Waals surface area contributed by atoms with Gasteiger partial charge in [-0.05, 0) is 6.92 Å². The fourth-order valence-electron chi connectivity index (χ4n) is 1.85. The normalized spacial score (nSPS) is 18.7. The monoisotopic (exact) mass is 268 g/mol. The molecule has 0 spiro atoms. The van der Waals surface area contributed by atoms with E-state index in [1.54, 1.807) is 6.92 Å². The molecule has 1 aromatic rings. The zero-order chi connectivity index (χ0) is 14.0. The summed E-state index contributed by atoms with van der Waals surface area (Å²) in [6.45, 7) is 1.78. The third-order valence-corrected chi connectivity index (χ3v) is 2.77. The van der Waals surface area contributed by atoms with Crippen molar-refractivity contribution in [3.8, 4) is 0 Å². The van der Waals surface area contributed by atoms with Gasteiger partial charge in [-0.1, -0.05) is 5.16 Å². The number of aromatic nitrogens is 1. The maximum absolute atomic E-state index is 11.7. The van der Waals surface area contributed by atoms with E-state index in [1.807, 2.05) is 0 Å². The molecule has 8 heteroatoms. The van der Waals surface area contributed by atoms with E-state index in [4.69, 9.17) is 14.4 Å². The molecule has 0 bridgehead atoms. The molecule has 8 nitrogen and oxygen atoms in total. The molecule has 102 valence electrons. The van der Waals surface area contributed by atoms with E-state index in [1.165, 1.54) is 0 Å². The largest absolute Gasteiger partial charge is 0.481 e. The molecule has 2 heterocycles. The van der Waals surface area contributed by atoms with Gasteiger partial charge in [-0.15, -0.1) is 0 Å². The highest BCUT2D eigenvalue weighted by Gasteiger charge is 2.38. The molecule has 1 atom stereocenters. The number of carbonyl (C=O) groups excluding carboxylic acids is 2. The van der Waals surface area contributed by atoms with Crippen LogP contribution in [0.15, 0.2) is 10.7 Å². The van der Waals surface area contributed by atoms with Crippen molar-refractivity contribution in [1.29, 1.82) is 0 Å². The SMILES string of the molecule is CCOC(=O)c1cnoc1N1CC(C(=O)O)CC1=O. The van der Waals surface area contributed by atoms with E-state index in [0.29, 0.717) is 0 Å². The van der Waals surface area contributed by atoms with Crippen LogP contribution in [0, 0.1) is 5.92 Å². The fraction of sp³-hybridized carbons (Fsp3) is 0.455. The molecule has 1 aromatic heterocycles. The summed E-state index contributed by atoms with van der Waals surface area (Å²) in [6, 6.07) is 0. The Kier molecular flexibility index (Phi) is 3.50. The molecule has 1 fully saturated rings. The molecular formula is C11H12N2O6. The number of nitrogens with zero attached hydrogens (tertiary/aromatic N) is 2. The van der Waals surface area contributed by atoms with E-state index in [0.717, 1.165) is 11.1 Å². The Morgan fingerprint density at radius 3 is 2.95 bits per heavy atom. The summed E-state index contributed by atoms with van der Waals surface area (Å²) in [7, 11) is 0. The zero-order valence-electron chi connectivity index (χ0n) is 10.2. The van der Waals surface area contributed by atoms with Gasteiger partial charge in [0.2, 0.25) is 11.8 Å². The molecule has 2 rings (SSSR count). The second-order valence-electron chi connectivity index (χ2n) is 4.01. The van der Waals surface area contributed by atoms with Crippen LogP contribution in [-0.2, 0) is 14.3 Å². The van der Waals surface area contributed by atoms with Gasteiger partial charge in [0.1, 0.15) is 5.56 Å². The maximum atomic E-state index is 11.7. The van der Waals surface area contributed by atoms with Crippen molar-refractivity contribution in [1.82, 2.24) is 5.16 Å². The van der Waals surface area contributed by atoms with E-state index < -0.39 is 23.8 Å². The quantitative estimate of drug-likeness (QED) is 0.781. The van der Waals surface area contributed by atoms with Crippen molar-refractivity contribution in [2.24, 2.45) is 5.92 Å². The fourth-order valence-corrected chi connectivity index (χ4v) is 1.85. The highest BCUT2D eigenvalue weighted by atomic mass is 16.5. The van der Waals surface area contributed by atoms with E-state index in [2.05, 4.69) is 5.16 Å². The van der Waals surface area contributed by atoms with Gasteiger partial charge in [0.25, 0.3) is 0 Å². The lowest BCUT2D eigenvalue weighted by atomic mass is 10.1. The second kappa shape index (κ2) is 5.09. The van der Waals surface area contributed by atoms with E-state index >= 15 is 0 Å². The van der Waals surface area contributed by atoms with Crippen LogP contribution in [0.1, 0.15) is 23.7 Å². The molecule has 1 N–H and O–H groups in total. The van der Waals surface area contributed by atoms with E-state index in [9.17, 15) is 14.4 Å². The van der Waals surface area contributed by atoms with Crippen LogP contribution in [-0.4, -0.2) is 41.3 Å². The molecule has 19 heavy (non-hydrogen) atoms. The summed E-state index contributed by atoms with van der Waals surface area (Å²) in [6.07, 6.45) is 1.02. The number of aliphatic carboxylic acids is 1. The number of anilines is 1. The summed E-state index contributed by atoms with van der Waals surface area (Å²) in [5.74, 6) is -3.02. The van der Waals surface area contributed by atoms with Crippen molar-refractivity contribution in [3.63, 3.8) is 0 Å². The van der Waals surface area contributed by atoms with Gasteiger partial charge < -0.3 is 14.4 Å². The average Bonchev–Trinajstić information content (AvgIpc) is 2.94. The summed E-state index contributed by atoms with van der Waals surface area (Å²) in [4.78, 5) is 35.3. The molecule has 1 amide bonds. The number of carboxylic acids is 1. The van der Waals surface area contributed by atoms with Crippen molar-refractivity contribution in [2.45, 2.75) is 13.3 Å². The van der Waals surface area contributed by atoms with Crippen molar-refractivity contribution < 1.29 is 28.8 Å². The number of esters is 1. The van der Waals surface area contributed by atoms with Crippen LogP contribution in [0.2, 0.25) is 0 Å². The third-order valence-electron chi connectivity index (χ3n) is 2.77. The predicted molar refractivity (Wildman–Crippen MR) is 60.6 cm³/mol. The van der Waals surface area contributed by atoms with Gasteiger partial charge in [-0.2, -0.15) is 0 Å². The number of carboxylic acid groups (broad SMARTS) is 1. The van der Waals surface area contributed by atoms with Crippen LogP contribution < -0.4 is 4.90 Å². The summed E-state index contributed by atoms with van der Waals surface area (Å²) >= 11 is 0. The number of carbonyl (C=O) groups is 3. The van der Waals surface area contributed by atoms with Crippen molar-refractivity contribution in [3.05, 3.63) is 11.8 Å². The molecule has 0 aromatic carbocycles. The molecule has 1 saturated heterocycles. The number of hydrogen-bond donors (Lipinski definition) is 1. The summed E-state index contributed by atoms with van der Waals surface area (Å²) in [5.41, 5.74) is 0.0150. The van der Waals surface area contributed by atoms with Gasteiger partial charge in [0, 0.05) is 13.0 Å². The Hall–Kier alpha value is -2.38. The highest BCUT2D eigenvalue weighted by molar-refractivity contribution is 6.03. The lowest BCUT2D eigenvalue weighted by molar-refractivity contribution is -0.141. The topological polar surface area (TPSA) is 110 Å². The molecule has 0 aliphatic carbocycles. The highest BCUT2D eigenvalue weighted by Crippen LogP contribution is 2.28.